The average molecular weight is 276 g/mol. The van der Waals surface area contributed by atoms with Crippen molar-refractivity contribution in [1.82, 2.24) is 0 Å². The van der Waals surface area contributed by atoms with Crippen molar-refractivity contribution in [3.05, 3.63) is 46.4 Å². The maximum Gasteiger partial charge on any atom is 0.187 e. The zero-order valence-electron chi connectivity index (χ0n) is 11.4. The first-order valence-corrected chi connectivity index (χ1v) is 8.25. The molecule has 0 bridgehead atoms. The van der Waals surface area contributed by atoms with Gasteiger partial charge in [-0.3, -0.25) is 9.00 Å². The number of ketones is 1. The summed E-state index contributed by atoms with van der Waals surface area (Å²) in [7, 11) is -0.998. The highest BCUT2D eigenvalue weighted by molar-refractivity contribution is 7.89. The fourth-order valence-corrected chi connectivity index (χ4v) is 3.60. The van der Waals surface area contributed by atoms with Crippen LogP contribution in [0.3, 0.4) is 0 Å². The first-order valence-electron chi connectivity index (χ1n) is 6.93. The highest BCUT2D eigenvalue weighted by Gasteiger charge is 2.20. The van der Waals surface area contributed by atoms with E-state index in [1.54, 1.807) is 6.08 Å². The van der Waals surface area contributed by atoms with Gasteiger partial charge in [0.25, 0.3) is 0 Å². The Kier molecular flexibility index (Phi) is 5.08. The maximum absolute atomic E-state index is 12.2. The number of benzene rings is 1. The van der Waals surface area contributed by atoms with Crippen molar-refractivity contribution in [3.8, 4) is 0 Å². The van der Waals surface area contributed by atoms with Gasteiger partial charge in [0.2, 0.25) is 0 Å². The number of hydrogen-bond acceptors (Lipinski definition) is 2. The molecule has 0 spiro atoms. The monoisotopic (exact) mass is 276 g/mol. The minimum absolute atomic E-state index is 0.00115. The summed E-state index contributed by atoms with van der Waals surface area (Å²) in [6.07, 6.45) is 6.72. The van der Waals surface area contributed by atoms with E-state index in [4.69, 9.17) is 0 Å². The van der Waals surface area contributed by atoms with Crippen molar-refractivity contribution < 1.29 is 9.00 Å². The number of carbonyl (C=O) groups excluding carboxylic acids is 1. The van der Waals surface area contributed by atoms with Gasteiger partial charge in [0.1, 0.15) is 0 Å². The van der Waals surface area contributed by atoms with Crippen molar-refractivity contribution in [1.29, 1.82) is 0 Å². The minimum atomic E-state index is -0.998. The van der Waals surface area contributed by atoms with Gasteiger partial charge in [-0.15, -0.1) is 0 Å². The van der Waals surface area contributed by atoms with Crippen molar-refractivity contribution in [2.75, 3.05) is 5.75 Å². The molecule has 1 unspecified atom stereocenters. The molecule has 0 fully saturated rings. The van der Waals surface area contributed by atoms with Crippen LogP contribution in [0.15, 0.2) is 35.2 Å². The fraction of sp³-hybridized carbons (Fsp3) is 0.438. The summed E-state index contributed by atoms with van der Waals surface area (Å²) in [6, 6.07) is 7.60. The molecule has 1 aliphatic carbocycles. The molecule has 1 aromatic rings. The van der Waals surface area contributed by atoms with E-state index in [-0.39, 0.29) is 5.78 Å². The standard InChI is InChI=1S/C16H20O2S/c1-2-3-4-7-10-19(18)14-11-13-8-5-6-9-15(13)16(17)12-14/h5-6,8-9,12H,2-4,7,10-11H2,1H3. The molecule has 2 rings (SSSR count). The summed E-state index contributed by atoms with van der Waals surface area (Å²) in [5.74, 6) is 0.681. The Labute approximate surface area is 117 Å². The molecular formula is C16H20O2S. The van der Waals surface area contributed by atoms with Gasteiger partial charge in [-0.1, -0.05) is 50.5 Å². The largest absolute Gasteiger partial charge is 0.289 e. The summed E-state index contributed by atoms with van der Waals surface area (Å²) >= 11 is 0. The second-order valence-electron chi connectivity index (χ2n) is 4.92. The lowest BCUT2D eigenvalue weighted by atomic mass is 9.96. The summed E-state index contributed by atoms with van der Waals surface area (Å²) in [5, 5.41) is 0. The van der Waals surface area contributed by atoms with Crippen LogP contribution in [0.4, 0.5) is 0 Å². The molecule has 0 heterocycles. The number of carbonyl (C=O) groups is 1. The predicted molar refractivity (Wildman–Crippen MR) is 79.7 cm³/mol. The van der Waals surface area contributed by atoms with Gasteiger partial charge in [-0.05, 0) is 18.1 Å². The Hall–Kier alpha value is -1.22. The Balaban J connectivity index is 1.99. The summed E-state index contributed by atoms with van der Waals surface area (Å²) < 4.78 is 12.2. The molecule has 1 aromatic carbocycles. The SMILES string of the molecule is CCCCCCS(=O)C1=CC(=O)c2ccccc2C1. The normalized spacial score (nSPS) is 15.8. The van der Waals surface area contributed by atoms with Crippen LogP contribution in [0.1, 0.15) is 48.5 Å². The van der Waals surface area contributed by atoms with Crippen molar-refractivity contribution in [3.63, 3.8) is 0 Å². The second-order valence-corrected chi connectivity index (χ2v) is 6.54. The molecule has 3 heteroatoms. The molecule has 0 radical (unpaired) electrons. The van der Waals surface area contributed by atoms with Crippen LogP contribution in [-0.2, 0) is 17.2 Å². The van der Waals surface area contributed by atoms with Crippen molar-refractivity contribution in [2.45, 2.75) is 39.0 Å². The van der Waals surface area contributed by atoms with E-state index >= 15 is 0 Å². The molecule has 0 saturated heterocycles. The second kappa shape index (κ2) is 6.80. The molecule has 0 aromatic heterocycles. The highest BCUT2D eigenvalue weighted by Crippen LogP contribution is 2.23. The van der Waals surface area contributed by atoms with Gasteiger partial charge < -0.3 is 0 Å². The van der Waals surface area contributed by atoms with Crippen molar-refractivity contribution >= 4 is 16.6 Å². The molecule has 0 saturated carbocycles. The number of unbranched alkanes of at least 4 members (excludes halogenated alkanes) is 3. The van der Waals surface area contributed by atoms with Gasteiger partial charge >= 0.3 is 0 Å². The summed E-state index contributed by atoms with van der Waals surface area (Å²) in [6.45, 7) is 2.16. The third-order valence-electron chi connectivity index (χ3n) is 3.42. The molecule has 0 aliphatic heterocycles. The first-order chi connectivity index (χ1) is 9.22. The smallest absolute Gasteiger partial charge is 0.187 e. The zero-order chi connectivity index (χ0) is 13.7. The van der Waals surface area contributed by atoms with Crippen LogP contribution in [0.2, 0.25) is 0 Å². The number of fused-ring (bicyclic) bond motifs is 1. The topological polar surface area (TPSA) is 34.1 Å². The first kappa shape index (κ1) is 14.2. The van der Waals surface area contributed by atoms with Crippen LogP contribution in [0, 0.1) is 0 Å². The molecule has 0 amide bonds. The van der Waals surface area contributed by atoms with Crippen LogP contribution >= 0.6 is 0 Å². The lowest BCUT2D eigenvalue weighted by molar-refractivity contribution is 0.104. The van der Waals surface area contributed by atoms with Crippen LogP contribution < -0.4 is 0 Å². The molecule has 2 nitrogen and oxygen atoms in total. The molecule has 0 N–H and O–H groups in total. The Morgan fingerprint density at radius 1 is 1.16 bits per heavy atom. The van der Waals surface area contributed by atoms with Gasteiger partial charge in [0, 0.05) is 33.4 Å². The zero-order valence-corrected chi connectivity index (χ0v) is 12.2. The van der Waals surface area contributed by atoms with E-state index < -0.39 is 10.8 Å². The molecule has 1 atom stereocenters. The summed E-state index contributed by atoms with van der Waals surface area (Å²) in [5.41, 5.74) is 1.76. The molecule has 1 aliphatic rings. The minimum Gasteiger partial charge on any atom is -0.289 e. The van der Waals surface area contributed by atoms with E-state index in [1.165, 1.54) is 12.8 Å². The van der Waals surface area contributed by atoms with E-state index in [1.807, 2.05) is 24.3 Å². The van der Waals surface area contributed by atoms with Gasteiger partial charge in [-0.25, -0.2) is 0 Å². The third-order valence-corrected chi connectivity index (χ3v) is 4.92. The highest BCUT2D eigenvalue weighted by atomic mass is 32.2. The van der Waals surface area contributed by atoms with Gasteiger partial charge in [-0.2, -0.15) is 0 Å². The van der Waals surface area contributed by atoms with Crippen LogP contribution in [0.5, 0.6) is 0 Å². The average Bonchev–Trinajstić information content (AvgIpc) is 2.43. The summed E-state index contributed by atoms with van der Waals surface area (Å²) in [4.78, 5) is 12.8. The van der Waals surface area contributed by atoms with E-state index in [2.05, 4.69) is 6.92 Å². The Bertz CT molecular complexity index is 517. The van der Waals surface area contributed by atoms with Crippen molar-refractivity contribution in [2.24, 2.45) is 0 Å². The molecule has 102 valence electrons. The molecular weight excluding hydrogens is 256 g/mol. The van der Waals surface area contributed by atoms with E-state index in [9.17, 15) is 9.00 Å². The van der Waals surface area contributed by atoms with E-state index in [0.717, 1.165) is 28.9 Å². The van der Waals surface area contributed by atoms with Crippen LogP contribution in [-0.4, -0.2) is 15.7 Å². The number of hydrogen-bond donors (Lipinski definition) is 0. The van der Waals surface area contributed by atoms with Gasteiger partial charge in [0.15, 0.2) is 5.78 Å². The third kappa shape index (κ3) is 3.63. The van der Waals surface area contributed by atoms with E-state index in [0.29, 0.717) is 12.2 Å². The fourth-order valence-electron chi connectivity index (χ4n) is 2.31. The molecule has 19 heavy (non-hydrogen) atoms. The number of allylic oxidation sites excluding steroid dienone is 2. The predicted octanol–water partition coefficient (Wildman–Crippen LogP) is 3.64. The quantitative estimate of drug-likeness (QED) is 0.743. The van der Waals surface area contributed by atoms with Gasteiger partial charge in [0.05, 0.1) is 0 Å². The maximum atomic E-state index is 12.2. The Morgan fingerprint density at radius 3 is 2.74 bits per heavy atom. The Morgan fingerprint density at radius 2 is 1.95 bits per heavy atom. The lowest BCUT2D eigenvalue weighted by Gasteiger charge is -2.15. The lowest BCUT2D eigenvalue weighted by Crippen LogP contribution is -2.14. The number of rotatable bonds is 6. The van der Waals surface area contributed by atoms with Crippen LogP contribution in [0.25, 0.3) is 0 Å².